The summed E-state index contributed by atoms with van der Waals surface area (Å²) in [6, 6.07) is 0. The SMILES string of the molecule is C=C1[C@H](CC(=O)OC)O[C@@H]2C[C@@H]3O[Si](C(C)(C)C)(C(C)(C)C)OC[C@H]3O[C@H]2[C@@H]1OC(C)=O. The molecular weight excluding hydrogens is 432 g/mol. The highest BCUT2D eigenvalue weighted by atomic mass is 28.4. The average Bonchev–Trinajstić information content (AvgIpc) is 2.67. The Hall–Kier alpha value is -1.26. The summed E-state index contributed by atoms with van der Waals surface area (Å²) in [6.45, 7) is 18.8. The lowest BCUT2D eigenvalue weighted by atomic mass is 9.86. The Morgan fingerprint density at radius 2 is 1.69 bits per heavy atom. The van der Waals surface area contributed by atoms with Crippen LogP contribution in [0, 0.1) is 0 Å². The second-order valence-corrected chi connectivity index (χ2v) is 15.8. The fraction of sp³-hybridized carbons (Fsp3) is 0.826. The minimum Gasteiger partial charge on any atom is -0.469 e. The summed E-state index contributed by atoms with van der Waals surface area (Å²) in [4.78, 5) is 23.7. The van der Waals surface area contributed by atoms with Crippen LogP contribution in [0.5, 0.6) is 0 Å². The highest BCUT2D eigenvalue weighted by molar-refractivity contribution is 6.73. The van der Waals surface area contributed by atoms with Crippen molar-refractivity contribution in [2.24, 2.45) is 0 Å². The molecule has 3 aliphatic rings. The maximum atomic E-state index is 11.9. The topological polar surface area (TPSA) is 89.5 Å². The van der Waals surface area contributed by atoms with E-state index in [0.717, 1.165) is 0 Å². The van der Waals surface area contributed by atoms with Crippen molar-refractivity contribution < 1.29 is 37.4 Å². The van der Waals surface area contributed by atoms with Gasteiger partial charge < -0.3 is 27.8 Å². The number of ether oxygens (including phenoxy) is 4. The summed E-state index contributed by atoms with van der Waals surface area (Å²) in [6.07, 6.45) is -2.24. The van der Waals surface area contributed by atoms with E-state index in [1.807, 2.05) is 0 Å². The first kappa shape index (κ1) is 25.4. The van der Waals surface area contributed by atoms with Crippen LogP contribution in [-0.4, -0.2) is 70.8 Å². The smallest absolute Gasteiger partial charge is 0.349 e. The maximum absolute atomic E-state index is 11.9. The quantitative estimate of drug-likeness (QED) is 0.352. The van der Waals surface area contributed by atoms with Gasteiger partial charge in [0.1, 0.15) is 12.2 Å². The van der Waals surface area contributed by atoms with Crippen LogP contribution in [0.1, 0.15) is 61.3 Å². The van der Waals surface area contributed by atoms with Crippen LogP contribution in [0.4, 0.5) is 0 Å². The number of fused-ring (bicyclic) bond motifs is 2. The molecule has 8 nitrogen and oxygen atoms in total. The molecule has 3 heterocycles. The third-order valence-corrected chi connectivity index (χ3v) is 11.8. The van der Waals surface area contributed by atoms with Gasteiger partial charge in [-0.05, 0) is 5.57 Å². The molecule has 3 aliphatic heterocycles. The van der Waals surface area contributed by atoms with E-state index >= 15 is 0 Å². The minimum atomic E-state index is -2.67. The molecule has 9 heteroatoms. The summed E-state index contributed by atoms with van der Waals surface area (Å²) in [5, 5.41) is -0.301. The van der Waals surface area contributed by atoms with Gasteiger partial charge in [0.15, 0.2) is 6.10 Å². The van der Waals surface area contributed by atoms with Gasteiger partial charge in [-0.1, -0.05) is 48.1 Å². The number of rotatable bonds is 3. The highest BCUT2D eigenvalue weighted by Gasteiger charge is 2.64. The summed E-state index contributed by atoms with van der Waals surface area (Å²) in [5.41, 5.74) is 0.496. The van der Waals surface area contributed by atoms with Crippen molar-refractivity contribution in [2.45, 2.75) is 108 Å². The van der Waals surface area contributed by atoms with E-state index in [9.17, 15) is 9.59 Å². The van der Waals surface area contributed by atoms with Gasteiger partial charge in [0.25, 0.3) is 0 Å². The van der Waals surface area contributed by atoms with Crippen molar-refractivity contribution in [3.63, 3.8) is 0 Å². The fourth-order valence-corrected chi connectivity index (χ4v) is 10.3. The number of hydrogen-bond donors (Lipinski definition) is 0. The Bertz CT molecular complexity index is 738. The Morgan fingerprint density at radius 3 is 2.22 bits per heavy atom. The Labute approximate surface area is 192 Å². The largest absolute Gasteiger partial charge is 0.469 e. The first-order valence-corrected chi connectivity index (χ1v) is 13.1. The Kier molecular flexibility index (Phi) is 7.00. The molecule has 0 aromatic rings. The molecule has 0 unspecified atom stereocenters. The van der Waals surface area contributed by atoms with Crippen LogP contribution in [0.3, 0.4) is 0 Å². The summed E-state index contributed by atoms with van der Waals surface area (Å²) < 4.78 is 36.4. The standard InChI is InChI=1S/C23H38O8Si/c1-13-15(11-19(25)26-9)29-17-10-16-18(30-21(17)20(13)28-14(2)24)12-27-32(31-16,22(3,4)5)23(6,7)8/h15-18,20-21H,1,10-12H2,2-9H3/t15-,16-,17+,18+,20+,21+/m0/s1. The molecular formula is C23H38O8Si. The van der Waals surface area contributed by atoms with E-state index in [2.05, 4.69) is 48.1 Å². The number of hydrogen-bond acceptors (Lipinski definition) is 8. The summed E-state index contributed by atoms with van der Waals surface area (Å²) in [5.74, 6) is -0.859. The molecule has 0 N–H and O–H groups in total. The van der Waals surface area contributed by atoms with Gasteiger partial charge in [0, 0.05) is 23.4 Å². The van der Waals surface area contributed by atoms with Gasteiger partial charge in [0.2, 0.25) is 0 Å². The van der Waals surface area contributed by atoms with Crippen molar-refractivity contribution in [3.05, 3.63) is 12.2 Å². The average molecular weight is 471 g/mol. The Morgan fingerprint density at radius 1 is 1.06 bits per heavy atom. The number of carbonyl (C=O) groups is 2. The third-order valence-electron chi connectivity index (χ3n) is 6.61. The molecule has 6 atom stereocenters. The second kappa shape index (κ2) is 8.83. The van der Waals surface area contributed by atoms with Crippen molar-refractivity contribution >= 4 is 20.5 Å². The summed E-state index contributed by atoms with van der Waals surface area (Å²) in [7, 11) is -1.34. The number of esters is 2. The van der Waals surface area contributed by atoms with E-state index in [1.54, 1.807) is 0 Å². The van der Waals surface area contributed by atoms with Gasteiger partial charge >= 0.3 is 20.5 Å². The molecule has 0 bridgehead atoms. The molecule has 3 rings (SSSR count). The van der Waals surface area contributed by atoms with Crippen molar-refractivity contribution in [1.29, 1.82) is 0 Å². The monoisotopic (exact) mass is 470 g/mol. The molecule has 0 spiro atoms. The van der Waals surface area contributed by atoms with Gasteiger partial charge in [-0.2, -0.15) is 0 Å². The molecule has 0 saturated carbocycles. The van der Waals surface area contributed by atoms with E-state index in [1.165, 1.54) is 14.0 Å². The lowest BCUT2D eigenvalue weighted by molar-refractivity contribution is -0.253. The first-order valence-electron chi connectivity index (χ1n) is 11.3. The molecule has 0 aromatic carbocycles. The zero-order valence-electron chi connectivity index (χ0n) is 20.6. The molecule has 0 radical (unpaired) electrons. The molecule has 0 aliphatic carbocycles. The molecule has 32 heavy (non-hydrogen) atoms. The Balaban J connectivity index is 1.87. The predicted octanol–water partition coefficient (Wildman–Crippen LogP) is 3.42. The first-order chi connectivity index (χ1) is 14.7. The van der Waals surface area contributed by atoms with E-state index in [4.69, 9.17) is 27.8 Å². The van der Waals surface area contributed by atoms with E-state index in [-0.39, 0.29) is 28.7 Å². The fourth-order valence-electron chi connectivity index (χ4n) is 5.35. The molecule has 0 aromatic heterocycles. The van der Waals surface area contributed by atoms with Gasteiger partial charge in [-0.15, -0.1) is 0 Å². The van der Waals surface area contributed by atoms with E-state index < -0.39 is 44.9 Å². The normalized spacial score (nSPS) is 34.8. The molecule has 3 saturated heterocycles. The van der Waals surface area contributed by atoms with Crippen LogP contribution in [0.2, 0.25) is 10.1 Å². The van der Waals surface area contributed by atoms with Crippen LogP contribution < -0.4 is 0 Å². The zero-order valence-corrected chi connectivity index (χ0v) is 21.6. The van der Waals surface area contributed by atoms with Crippen LogP contribution in [-0.2, 0) is 37.4 Å². The maximum Gasteiger partial charge on any atom is 0.349 e. The molecule has 3 fully saturated rings. The van der Waals surface area contributed by atoms with Gasteiger partial charge in [0.05, 0.1) is 38.4 Å². The lowest BCUT2D eigenvalue weighted by Gasteiger charge is -2.57. The highest BCUT2D eigenvalue weighted by Crippen LogP contribution is 2.55. The summed E-state index contributed by atoms with van der Waals surface area (Å²) >= 11 is 0. The van der Waals surface area contributed by atoms with Crippen LogP contribution >= 0.6 is 0 Å². The van der Waals surface area contributed by atoms with Crippen molar-refractivity contribution in [1.82, 2.24) is 0 Å². The predicted molar refractivity (Wildman–Crippen MR) is 119 cm³/mol. The van der Waals surface area contributed by atoms with E-state index in [0.29, 0.717) is 18.6 Å². The minimum absolute atomic E-state index is 0.00293. The van der Waals surface area contributed by atoms with Gasteiger partial charge in [-0.3, -0.25) is 9.59 Å². The molecule has 182 valence electrons. The van der Waals surface area contributed by atoms with Crippen LogP contribution in [0.15, 0.2) is 12.2 Å². The van der Waals surface area contributed by atoms with Crippen molar-refractivity contribution in [3.8, 4) is 0 Å². The van der Waals surface area contributed by atoms with Crippen LogP contribution in [0.25, 0.3) is 0 Å². The lowest BCUT2D eigenvalue weighted by Crippen LogP contribution is -2.69. The second-order valence-electron chi connectivity index (χ2n) is 11.0. The number of methoxy groups -OCH3 is 1. The molecule has 0 amide bonds. The van der Waals surface area contributed by atoms with Gasteiger partial charge in [-0.25, -0.2) is 0 Å². The third kappa shape index (κ3) is 4.55. The van der Waals surface area contributed by atoms with Crippen molar-refractivity contribution in [2.75, 3.05) is 13.7 Å². The zero-order chi connectivity index (χ0) is 24.1. The number of carbonyl (C=O) groups excluding carboxylic acids is 2.